The van der Waals surface area contributed by atoms with E-state index in [4.69, 9.17) is 9.47 Å². The molecule has 0 aromatic heterocycles. The van der Waals surface area contributed by atoms with Crippen LogP contribution in [-0.2, 0) is 19.1 Å². The van der Waals surface area contributed by atoms with E-state index in [0.29, 0.717) is 30.1 Å². The first-order valence-corrected chi connectivity index (χ1v) is 15.3. The number of allylic oxidation sites excluding steroid dienone is 1. The van der Waals surface area contributed by atoms with Crippen LogP contribution in [0.1, 0.15) is 107 Å². The number of hydrogen-bond donors (Lipinski definition) is 1. The van der Waals surface area contributed by atoms with Gasteiger partial charge < -0.3 is 14.6 Å². The minimum atomic E-state index is -0.625. The summed E-state index contributed by atoms with van der Waals surface area (Å²) in [5, 5.41) is 12.2. The van der Waals surface area contributed by atoms with Crippen LogP contribution in [-0.4, -0.2) is 36.4 Å². The van der Waals surface area contributed by atoms with Gasteiger partial charge in [-0.1, -0.05) is 60.1 Å². The Kier molecular flexibility index (Phi) is 6.54. The molecule has 38 heavy (non-hydrogen) atoms. The zero-order valence-corrected chi connectivity index (χ0v) is 25.4. The lowest BCUT2D eigenvalue weighted by molar-refractivity contribution is -0.231. The molecule has 0 bridgehead atoms. The number of rotatable bonds is 2. The topological polar surface area (TPSA) is 72.8 Å². The van der Waals surface area contributed by atoms with Crippen molar-refractivity contribution in [2.45, 2.75) is 119 Å². The van der Waals surface area contributed by atoms with Crippen molar-refractivity contribution in [1.29, 1.82) is 0 Å². The van der Waals surface area contributed by atoms with Gasteiger partial charge in [-0.15, -0.1) is 0 Å². The van der Waals surface area contributed by atoms with Crippen molar-refractivity contribution in [1.82, 2.24) is 0 Å². The number of esters is 2. The second-order valence-electron chi connectivity index (χ2n) is 15.3. The van der Waals surface area contributed by atoms with E-state index < -0.39 is 11.5 Å². The quantitative estimate of drug-likeness (QED) is 0.318. The van der Waals surface area contributed by atoms with Crippen LogP contribution < -0.4 is 0 Å². The van der Waals surface area contributed by atoms with Crippen molar-refractivity contribution in [3.8, 4) is 0 Å². The molecule has 0 aromatic carbocycles. The minimum absolute atomic E-state index is 0.0433. The molecule has 4 fully saturated rings. The molecular weight excluding hydrogens is 476 g/mol. The summed E-state index contributed by atoms with van der Waals surface area (Å²) in [7, 11) is 1.51. The van der Waals surface area contributed by atoms with Crippen LogP contribution in [0.3, 0.4) is 0 Å². The molecule has 5 aliphatic carbocycles. The Morgan fingerprint density at radius 3 is 2.29 bits per heavy atom. The number of methoxy groups -OCH3 is 1. The molecule has 5 unspecified atom stereocenters. The summed E-state index contributed by atoms with van der Waals surface area (Å²) in [6.45, 7) is 18.1. The molecule has 4 saturated carbocycles. The summed E-state index contributed by atoms with van der Waals surface area (Å²) in [4.78, 5) is 25.4. The maximum atomic E-state index is 13.5. The molecule has 5 aliphatic rings. The van der Waals surface area contributed by atoms with Crippen molar-refractivity contribution < 1.29 is 24.2 Å². The number of ether oxygens (including phenoxy) is 2. The van der Waals surface area contributed by atoms with Crippen LogP contribution >= 0.6 is 0 Å². The molecule has 0 aliphatic heterocycles. The smallest absolute Gasteiger partial charge is 0.312 e. The molecule has 1 N–H and O–H groups in total. The van der Waals surface area contributed by atoms with Crippen molar-refractivity contribution in [2.75, 3.05) is 7.11 Å². The Bertz CT molecular complexity index is 1030. The Morgan fingerprint density at radius 2 is 1.66 bits per heavy atom. The molecule has 0 radical (unpaired) electrons. The first-order chi connectivity index (χ1) is 17.6. The van der Waals surface area contributed by atoms with Crippen LogP contribution in [0.2, 0.25) is 0 Å². The van der Waals surface area contributed by atoms with E-state index in [9.17, 15) is 14.7 Å². The Hall–Kier alpha value is -1.36. The predicted molar refractivity (Wildman–Crippen MR) is 148 cm³/mol. The number of fused-ring (bicyclic) bond motifs is 7. The summed E-state index contributed by atoms with van der Waals surface area (Å²) in [6.07, 6.45) is 9.19. The van der Waals surface area contributed by atoms with Crippen LogP contribution in [0.25, 0.3) is 0 Å². The van der Waals surface area contributed by atoms with Gasteiger partial charge in [0, 0.05) is 17.8 Å². The van der Waals surface area contributed by atoms with Crippen LogP contribution in [0.5, 0.6) is 0 Å². The molecular formula is C33H52O5. The van der Waals surface area contributed by atoms with Crippen LogP contribution in [0, 0.1) is 56.7 Å². The maximum Gasteiger partial charge on any atom is 0.312 e. The maximum absolute atomic E-state index is 13.5. The van der Waals surface area contributed by atoms with Crippen molar-refractivity contribution >= 4 is 11.9 Å². The molecule has 5 heteroatoms. The predicted octanol–water partition coefficient (Wildman–Crippen LogP) is 6.72. The van der Waals surface area contributed by atoms with E-state index in [-0.39, 0.29) is 45.6 Å². The highest BCUT2D eigenvalue weighted by atomic mass is 16.5. The lowest BCUT2D eigenvalue weighted by Crippen LogP contribution is -2.69. The van der Waals surface area contributed by atoms with Gasteiger partial charge >= 0.3 is 11.9 Å². The van der Waals surface area contributed by atoms with Crippen LogP contribution in [0.15, 0.2) is 11.6 Å². The number of carbonyl (C=O) groups excluding carboxylic acids is 2. The monoisotopic (exact) mass is 528 g/mol. The Labute approximate surface area is 230 Å². The highest BCUT2D eigenvalue weighted by molar-refractivity contribution is 5.79. The van der Waals surface area contributed by atoms with Gasteiger partial charge in [-0.05, 0) is 91.8 Å². The van der Waals surface area contributed by atoms with Crippen molar-refractivity contribution in [2.24, 2.45) is 56.7 Å². The van der Waals surface area contributed by atoms with E-state index >= 15 is 0 Å². The molecule has 0 aromatic rings. The second kappa shape index (κ2) is 8.82. The van der Waals surface area contributed by atoms with Crippen molar-refractivity contribution in [3.05, 3.63) is 11.6 Å². The fraction of sp³-hybridized carbons (Fsp3) is 0.879. The van der Waals surface area contributed by atoms with E-state index in [0.717, 1.165) is 44.9 Å². The molecule has 214 valence electrons. The van der Waals surface area contributed by atoms with Gasteiger partial charge in [0.25, 0.3) is 0 Å². The zero-order chi connectivity index (χ0) is 28.1. The highest BCUT2D eigenvalue weighted by Crippen LogP contribution is 2.75. The average molecular weight is 529 g/mol. The van der Waals surface area contributed by atoms with Gasteiger partial charge in [0.15, 0.2) is 0 Å². The van der Waals surface area contributed by atoms with Crippen molar-refractivity contribution in [3.63, 3.8) is 0 Å². The summed E-state index contributed by atoms with van der Waals surface area (Å²) >= 11 is 0. The minimum Gasteiger partial charge on any atom is -0.469 e. The normalized spacial score (nSPS) is 51.3. The average Bonchev–Trinajstić information content (AvgIpc) is 2.84. The standard InChI is InChI=1S/C33H52O5/c1-19-12-17-33(28(36)37-9)18-25(35)32(8)22(27(33)20(19)2)10-11-24-30(6)15-14-26(38-21(3)34)29(4,5)23(30)13-16-31(24,32)7/h10,19-20,23-27,35H,11-18H2,1-9H3/t19?,20-,23?,24?,25?,26-,27-,30-,31+,32?,33-/m0/s1. The largest absolute Gasteiger partial charge is 0.469 e. The van der Waals surface area contributed by atoms with Gasteiger partial charge in [0.1, 0.15) is 6.10 Å². The number of aliphatic hydroxyl groups is 1. The van der Waals surface area contributed by atoms with Gasteiger partial charge in [-0.2, -0.15) is 0 Å². The third kappa shape index (κ3) is 3.38. The molecule has 11 atom stereocenters. The molecule has 0 heterocycles. The molecule has 0 amide bonds. The first kappa shape index (κ1) is 28.2. The second-order valence-corrected chi connectivity index (χ2v) is 15.3. The lowest BCUT2D eigenvalue weighted by Gasteiger charge is -2.72. The van der Waals surface area contributed by atoms with E-state index in [1.807, 2.05) is 0 Å². The lowest BCUT2D eigenvalue weighted by atomic mass is 9.33. The van der Waals surface area contributed by atoms with Gasteiger partial charge in [-0.25, -0.2) is 0 Å². The Morgan fingerprint density at radius 1 is 0.974 bits per heavy atom. The number of aliphatic hydroxyl groups excluding tert-OH is 1. The molecule has 5 nitrogen and oxygen atoms in total. The van der Waals surface area contributed by atoms with E-state index in [1.54, 1.807) is 0 Å². The third-order valence-electron chi connectivity index (χ3n) is 13.9. The van der Waals surface area contributed by atoms with E-state index in [1.165, 1.54) is 19.6 Å². The summed E-state index contributed by atoms with van der Waals surface area (Å²) in [6, 6.07) is 0. The number of hydrogen-bond acceptors (Lipinski definition) is 5. The molecule has 0 spiro atoms. The summed E-state index contributed by atoms with van der Waals surface area (Å²) in [5.41, 5.74) is 0.265. The molecule has 0 saturated heterocycles. The summed E-state index contributed by atoms with van der Waals surface area (Å²) in [5.74, 6) is 1.59. The van der Waals surface area contributed by atoms with Crippen LogP contribution in [0.4, 0.5) is 0 Å². The molecule has 5 rings (SSSR count). The van der Waals surface area contributed by atoms with Gasteiger partial charge in [-0.3, -0.25) is 9.59 Å². The highest BCUT2D eigenvalue weighted by Gasteiger charge is 2.72. The first-order valence-electron chi connectivity index (χ1n) is 15.3. The van der Waals surface area contributed by atoms with E-state index in [2.05, 4.69) is 54.5 Å². The Balaban J connectivity index is 1.60. The van der Waals surface area contributed by atoms with Gasteiger partial charge in [0.2, 0.25) is 0 Å². The SMILES string of the molecule is COC(=O)[C@]12CCC(C)[C@H](C)[C@H]1C1=CCC3[C@@]4(C)CC[C@H](OC(C)=O)C(C)(C)C4CC[C@@]3(C)C1(C)C(O)C2. The zero-order valence-electron chi connectivity index (χ0n) is 25.4. The fourth-order valence-electron chi connectivity index (χ4n) is 11.5. The fourth-order valence-corrected chi connectivity index (χ4v) is 11.5. The summed E-state index contributed by atoms with van der Waals surface area (Å²) < 4.78 is 11.3. The third-order valence-corrected chi connectivity index (χ3v) is 13.9. The van der Waals surface area contributed by atoms with Gasteiger partial charge in [0.05, 0.1) is 18.6 Å². The number of carbonyl (C=O) groups is 2.